The van der Waals surface area contributed by atoms with E-state index < -0.39 is 0 Å². The predicted octanol–water partition coefficient (Wildman–Crippen LogP) is 0.274. The van der Waals surface area contributed by atoms with Crippen LogP contribution >= 0.6 is 0 Å². The molecule has 0 spiro atoms. The Labute approximate surface area is 106 Å². The van der Waals surface area contributed by atoms with Crippen molar-refractivity contribution in [3.63, 3.8) is 0 Å². The zero-order valence-corrected chi connectivity index (χ0v) is 10.6. The van der Waals surface area contributed by atoms with Gasteiger partial charge in [0.05, 0.1) is 12.1 Å². The lowest BCUT2D eigenvalue weighted by molar-refractivity contribution is -0.00220. The molecule has 2 aliphatic heterocycles. The molecule has 0 radical (unpaired) electrons. The van der Waals surface area contributed by atoms with Crippen molar-refractivity contribution in [2.75, 3.05) is 13.2 Å². The number of aryl methyl sites for hydroxylation is 1. The van der Waals surface area contributed by atoms with E-state index in [0.717, 1.165) is 26.0 Å². The van der Waals surface area contributed by atoms with E-state index in [-0.39, 0.29) is 18.1 Å². The Morgan fingerprint density at radius 1 is 1.61 bits per heavy atom. The number of nitrogens with one attached hydrogen (secondary N) is 2. The zero-order chi connectivity index (χ0) is 12.5. The van der Waals surface area contributed by atoms with Crippen LogP contribution in [0.1, 0.15) is 23.3 Å². The number of amides is 1. The van der Waals surface area contributed by atoms with Crippen molar-refractivity contribution in [3.05, 3.63) is 24.0 Å². The molecule has 2 N–H and O–H groups in total. The van der Waals surface area contributed by atoms with E-state index in [1.165, 1.54) is 0 Å². The molecule has 0 saturated carbocycles. The molecule has 2 aliphatic rings. The van der Waals surface area contributed by atoms with Gasteiger partial charge in [0.25, 0.3) is 5.91 Å². The third-order valence-corrected chi connectivity index (χ3v) is 3.86. The van der Waals surface area contributed by atoms with Crippen LogP contribution in [-0.4, -0.2) is 41.8 Å². The third-order valence-electron chi connectivity index (χ3n) is 3.86. The van der Waals surface area contributed by atoms with Crippen LogP contribution in [0.4, 0.5) is 0 Å². The maximum absolute atomic E-state index is 12.1. The summed E-state index contributed by atoms with van der Waals surface area (Å²) in [6.07, 6.45) is 4.25. The summed E-state index contributed by atoms with van der Waals surface area (Å²) in [5.74, 6) is -0.0240. The minimum absolute atomic E-state index is 0.0240. The SMILES string of the molecule is Cn1cccc1C(=O)N[C@H]1CN[C@@H]2CCCO[C@H]12. The number of fused-ring (bicyclic) bond motifs is 1. The molecular formula is C13H19N3O2. The highest BCUT2D eigenvalue weighted by atomic mass is 16.5. The summed E-state index contributed by atoms with van der Waals surface area (Å²) < 4.78 is 7.61. The summed E-state index contributed by atoms with van der Waals surface area (Å²) in [7, 11) is 1.88. The van der Waals surface area contributed by atoms with Crippen LogP contribution in [0, 0.1) is 0 Å². The molecule has 98 valence electrons. The van der Waals surface area contributed by atoms with Crippen molar-refractivity contribution >= 4 is 5.91 Å². The van der Waals surface area contributed by atoms with Gasteiger partial charge in [-0.15, -0.1) is 0 Å². The number of hydrogen-bond donors (Lipinski definition) is 2. The average molecular weight is 249 g/mol. The molecule has 2 saturated heterocycles. The van der Waals surface area contributed by atoms with Gasteiger partial charge in [-0.2, -0.15) is 0 Å². The van der Waals surface area contributed by atoms with E-state index in [2.05, 4.69) is 10.6 Å². The molecular weight excluding hydrogens is 230 g/mol. The van der Waals surface area contributed by atoms with E-state index in [1.807, 2.05) is 29.9 Å². The lowest BCUT2D eigenvalue weighted by Gasteiger charge is -2.29. The van der Waals surface area contributed by atoms with E-state index in [1.54, 1.807) is 0 Å². The van der Waals surface area contributed by atoms with Gasteiger partial charge in [0.2, 0.25) is 0 Å². The summed E-state index contributed by atoms with van der Waals surface area (Å²) in [5.41, 5.74) is 0.689. The lowest BCUT2D eigenvalue weighted by atomic mass is 10.0. The fourth-order valence-corrected chi connectivity index (χ4v) is 2.88. The van der Waals surface area contributed by atoms with Crippen LogP contribution in [0.5, 0.6) is 0 Å². The summed E-state index contributed by atoms with van der Waals surface area (Å²) in [6, 6.07) is 4.19. The molecule has 0 unspecified atom stereocenters. The van der Waals surface area contributed by atoms with Crippen LogP contribution in [0.25, 0.3) is 0 Å². The molecule has 3 atom stereocenters. The molecule has 1 aromatic heterocycles. The van der Waals surface area contributed by atoms with Gasteiger partial charge in [-0.05, 0) is 25.0 Å². The van der Waals surface area contributed by atoms with E-state index in [9.17, 15) is 4.79 Å². The van der Waals surface area contributed by atoms with Crippen LogP contribution < -0.4 is 10.6 Å². The molecule has 3 heterocycles. The fraction of sp³-hybridized carbons (Fsp3) is 0.615. The third kappa shape index (κ3) is 2.04. The maximum atomic E-state index is 12.1. The highest BCUT2D eigenvalue weighted by Gasteiger charge is 2.39. The van der Waals surface area contributed by atoms with Crippen molar-refractivity contribution in [2.24, 2.45) is 7.05 Å². The van der Waals surface area contributed by atoms with Crippen molar-refractivity contribution in [1.29, 1.82) is 0 Å². The molecule has 0 bridgehead atoms. The summed E-state index contributed by atoms with van der Waals surface area (Å²) in [4.78, 5) is 12.1. The van der Waals surface area contributed by atoms with Crippen LogP contribution in [0.3, 0.4) is 0 Å². The molecule has 5 nitrogen and oxygen atoms in total. The second-order valence-electron chi connectivity index (χ2n) is 5.08. The molecule has 2 fully saturated rings. The summed E-state index contributed by atoms with van der Waals surface area (Å²) >= 11 is 0. The first-order valence-electron chi connectivity index (χ1n) is 6.53. The second-order valence-corrected chi connectivity index (χ2v) is 5.08. The minimum atomic E-state index is -0.0240. The first kappa shape index (κ1) is 11.7. The molecule has 1 aromatic rings. The minimum Gasteiger partial charge on any atom is -0.374 e. The zero-order valence-electron chi connectivity index (χ0n) is 10.6. The number of nitrogens with zero attached hydrogens (tertiary/aromatic N) is 1. The number of ether oxygens (including phenoxy) is 1. The quantitative estimate of drug-likeness (QED) is 0.791. The standard InChI is InChI=1S/C13H19N3O2/c1-16-6-2-5-11(16)13(17)15-10-8-14-9-4-3-7-18-12(9)10/h2,5-6,9-10,12,14H,3-4,7-8H2,1H3,(H,15,17)/t9-,10+,12+/m1/s1. The van der Waals surface area contributed by atoms with Gasteiger partial charge in [-0.3, -0.25) is 4.79 Å². The monoisotopic (exact) mass is 249 g/mol. The van der Waals surface area contributed by atoms with Gasteiger partial charge in [0.1, 0.15) is 5.69 Å². The second kappa shape index (κ2) is 4.74. The Kier molecular flexibility index (Phi) is 3.09. The van der Waals surface area contributed by atoms with Crippen molar-refractivity contribution in [1.82, 2.24) is 15.2 Å². The normalized spacial score (nSPS) is 31.1. The van der Waals surface area contributed by atoms with Gasteiger partial charge in [-0.25, -0.2) is 0 Å². The summed E-state index contributed by atoms with van der Waals surface area (Å²) in [5, 5.41) is 6.50. The highest BCUT2D eigenvalue weighted by Crippen LogP contribution is 2.21. The maximum Gasteiger partial charge on any atom is 0.268 e. The number of aromatic nitrogens is 1. The van der Waals surface area contributed by atoms with E-state index in [0.29, 0.717) is 11.7 Å². The highest BCUT2D eigenvalue weighted by molar-refractivity contribution is 5.93. The molecule has 0 aliphatic carbocycles. The fourth-order valence-electron chi connectivity index (χ4n) is 2.88. The van der Waals surface area contributed by atoms with Crippen LogP contribution in [-0.2, 0) is 11.8 Å². The Hall–Kier alpha value is -1.33. The Morgan fingerprint density at radius 3 is 3.28 bits per heavy atom. The van der Waals surface area contributed by atoms with Crippen molar-refractivity contribution in [2.45, 2.75) is 31.0 Å². The van der Waals surface area contributed by atoms with Gasteiger partial charge < -0.3 is 19.9 Å². The van der Waals surface area contributed by atoms with Crippen LogP contribution in [0.2, 0.25) is 0 Å². The van der Waals surface area contributed by atoms with Gasteiger partial charge in [0.15, 0.2) is 0 Å². The van der Waals surface area contributed by atoms with Crippen LogP contribution in [0.15, 0.2) is 18.3 Å². The van der Waals surface area contributed by atoms with E-state index in [4.69, 9.17) is 4.74 Å². The molecule has 18 heavy (non-hydrogen) atoms. The first-order valence-corrected chi connectivity index (χ1v) is 6.53. The largest absolute Gasteiger partial charge is 0.374 e. The summed E-state index contributed by atoms with van der Waals surface area (Å²) in [6.45, 7) is 1.60. The number of carbonyl (C=O) groups is 1. The Morgan fingerprint density at radius 2 is 2.50 bits per heavy atom. The van der Waals surface area contributed by atoms with E-state index >= 15 is 0 Å². The van der Waals surface area contributed by atoms with Gasteiger partial charge >= 0.3 is 0 Å². The number of rotatable bonds is 2. The molecule has 1 amide bonds. The molecule has 3 rings (SSSR count). The topological polar surface area (TPSA) is 55.3 Å². The Bertz CT molecular complexity index is 443. The number of hydrogen-bond acceptors (Lipinski definition) is 3. The smallest absolute Gasteiger partial charge is 0.268 e. The first-order chi connectivity index (χ1) is 8.75. The van der Waals surface area contributed by atoms with Gasteiger partial charge in [0, 0.05) is 32.4 Å². The lowest BCUT2D eigenvalue weighted by Crippen LogP contribution is -2.47. The van der Waals surface area contributed by atoms with Crippen molar-refractivity contribution < 1.29 is 9.53 Å². The number of carbonyl (C=O) groups excluding carboxylic acids is 1. The Balaban J connectivity index is 1.66. The predicted molar refractivity (Wildman–Crippen MR) is 67.4 cm³/mol. The molecule has 0 aromatic carbocycles. The van der Waals surface area contributed by atoms with Gasteiger partial charge in [-0.1, -0.05) is 0 Å². The molecule has 5 heteroatoms. The van der Waals surface area contributed by atoms with Crippen molar-refractivity contribution in [3.8, 4) is 0 Å². The average Bonchev–Trinajstić information content (AvgIpc) is 2.97.